The van der Waals surface area contributed by atoms with Gasteiger partial charge in [-0.3, -0.25) is 10.1 Å². The van der Waals surface area contributed by atoms with Crippen molar-refractivity contribution < 1.29 is 23.0 Å². The van der Waals surface area contributed by atoms with Crippen LogP contribution in [0.3, 0.4) is 0 Å². The summed E-state index contributed by atoms with van der Waals surface area (Å²) in [7, 11) is 1.55. The van der Waals surface area contributed by atoms with Crippen LogP contribution >= 0.6 is 11.3 Å². The first kappa shape index (κ1) is 17.1. The summed E-state index contributed by atoms with van der Waals surface area (Å²) in [5.74, 6) is -1.80. The van der Waals surface area contributed by atoms with Gasteiger partial charge >= 0.3 is 0 Å². The molecule has 1 aromatic heterocycles. The first-order valence-electron chi connectivity index (χ1n) is 7.34. The molecule has 0 saturated carbocycles. The minimum absolute atomic E-state index is 0.0625. The molecular formula is C17H14F2N2O3S. The van der Waals surface area contributed by atoms with Crippen molar-refractivity contribution >= 4 is 32.6 Å². The number of methoxy groups -OCH3 is 1. The van der Waals surface area contributed by atoms with E-state index in [-0.39, 0.29) is 5.75 Å². The third-order valence-electron chi connectivity index (χ3n) is 3.41. The van der Waals surface area contributed by atoms with Crippen LogP contribution < -0.4 is 14.8 Å². The van der Waals surface area contributed by atoms with Gasteiger partial charge in [0, 0.05) is 6.07 Å². The molecule has 3 rings (SSSR count). The first-order valence-corrected chi connectivity index (χ1v) is 8.15. The van der Waals surface area contributed by atoms with Crippen LogP contribution in [-0.4, -0.2) is 24.1 Å². The number of hydrogen-bond acceptors (Lipinski definition) is 5. The number of amides is 1. The molecule has 5 nitrogen and oxygen atoms in total. The van der Waals surface area contributed by atoms with Crippen LogP contribution in [0.4, 0.5) is 13.9 Å². The van der Waals surface area contributed by atoms with E-state index in [2.05, 4.69) is 10.3 Å². The number of carbonyl (C=O) groups is 1. The number of rotatable bonds is 5. The molecule has 130 valence electrons. The highest BCUT2D eigenvalue weighted by molar-refractivity contribution is 7.22. The van der Waals surface area contributed by atoms with Crippen LogP contribution in [0, 0.1) is 11.6 Å². The minimum Gasteiger partial charge on any atom is -0.494 e. The quantitative estimate of drug-likeness (QED) is 0.744. The van der Waals surface area contributed by atoms with E-state index in [1.54, 1.807) is 13.2 Å². The molecule has 25 heavy (non-hydrogen) atoms. The fourth-order valence-corrected chi connectivity index (χ4v) is 3.04. The van der Waals surface area contributed by atoms with Gasteiger partial charge in [0.05, 0.1) is 11.8 Å². The zero-order valence-electron chi connectivity index (χ0n) is 13.4. The lowest BCUT2D eigenvalue weighted by atomic mass is 10.3. The second kappa shape index (κ2) is 7.02. The third kappa shape index (κ3) is 3.69. The Morgan fingerprint density at radius 2 is 2.04 bits per heavy atom. The summed E-state index contributed by atoms with van der Waals surface area (Å²) in [6.45, 7) is 1.50. The third-order valence-corrected chi connectivity index (χ3v) is 4.34. The van der Waals surface area contributed by atoms with Crippen LogP contribution in [0.15, 0.2) is 36.4 Å². The van der Waals surface area contributed by atoms with E-state index in [0.29, 0.717) is 16.4 Å². The lowest BCUT2D eigenvalue weighted by Crippen LogP contribution is -2.30. The fraction of sp³-hybridized carbons (Fsp3) is 0.176. The topological polar surface area (TPSA) is 60.5 Å². The average Bonchev–Trinajstić information content (AvgIpc) is 3.00. The monoisotopic (exact) mass is 364 g/mol. The fourth-order valence-electron chi connectivity index (χ4n) is 2.16. The molecule has 0 aliphatic heterocycles. The Labute approximate surface area is 146 Å². The molecule has 2 aromatic carbocycles. The molecule has 1 unspecified atom stereocenters. The number of fused-ring (bicyclic) bond motifs is 1. The Bertz CT molecular complexity index is 929. The molecule has 0 fully saturated rings. The summed E-state index contributed by atoms with van der Waals surface area (Å²) < 4.78 is 37.5. The molecule has 0 saturated heterocycles. The predicted octanol–water partition coefficient (Wildman–Crippen LogP) is 3.99. The first-order chi connectivity index (χ1) is 12.0. The highest BCUT2D eigenvalue weighted by atomic mass is 32.1. The molecule has 1 N–H and O–H groups in total. The molecule has 3 aromatic rings. The Hall–Kier alpha value is -2.74. The summed E-state index contributed by atoms with van der Waals surface area (Å²) >= 11 is 1.30. The summed E-state index contributed by atoms with van der Waals surface area (Å²) in [5, 5.41) is 3.04. The van der Waals surface area contributed by atoms with Crippen LogP contribution in [0.25, 0.3) is 10.2 Å². The van der Waals surface area contributed by atoms with Crippen molar-refractivity contribution in [3.05, 3.63) is 48.0 Å². The van der Waals surface area contributed by atoms with Gasteiger partial charge in [-0.05, 0) is 31.2 Å². The van der Waals surface area contributed by atoms with Gasteiger partial charge in [0.2, 0.25) is 0 Å². The van der Waals surface area contributed by atoms with Crippen molar-refractivity contribution in [1.29, 1.82) is 0 Å². The van der Waals surface area contributed by atoms with Crippen LogP contribution in [0.2, 0.25) is 0 Å². The van der Waals surface area contributed by atoms with Gasteiger partial charge in [0.25, 0.3) is 5.91 Å². The van der Waals surface area contributed by atoms with Crippen molar-refractivity contribution in [3.63, 3.8) is 0 Å². The Balaban J connectivity index is 1.71. The Morgan fingerprint density at radius 3 is 2.76 bits per heavy atom. The molecule has 1 heterocycles. The average molecular weight is 364 g/mol. The standard InChI is InChI=1S/C17H14F2N2O3S/c1-9(24-10-6-7-11(18)12(19)8-10)16(22)21-17-20-15-13(23-2)4-3-5-14(15)25-17/h3-9H,1-2H3,(H,20,21,22). The lowest BCUT2D eigenvalue weighted by molar-refractivity contribution is -0.122. The van der Waals surface area contributed by atoms with Gasteiger partial charge in [0.1, 0.15) is 17.0 Å². The summed E-state index contributed by atoms with van der Waals surface area (Å²) in [4.78, 5) is 16.6. The summed E-state index contributed by atoms with van der Waals surface area (Å²) in [6.07, 6.45) is -0.918. The maximum absolute atomic E-state index is 13.2. The largest absolute Gasteiger partial charge is 0.494 e. The number of halogens is 2. The number of carbonyl (C=O) groups excluding carboxylic acids is 1. The van der Waals surface area contributed by atoms with E-state index in [0.717, 1.165) is 16.8 Å². The van der Waals surface area contributed by atoms with Crippen molar-refractivity contribution in [3.8, 4) is 11.5 Å². The maximum atomic E-state index is 13.2. The van der Waals surface area contributed by atoms with E-state index < -0.39 is 23.6 Å². The molecule has 8 heteroatoms. The number of benzene rings is 2. The van der Waals surface area contributed by atoms with Gasteiger partial charge in [-0.1, -0.05) is 17.4 Å². The van der Waals surface area contributed by atoms with Gasteiger partial charge in [-0.25, -0.2) is 13.8 Å². The minimum atomic E-state index is -1.04. The number of nitrogens with one attached hydrogen (secondary N) is 1. The number of hydrogen-bond donors (Lipinski definition) is 1. The van der Waals surface area contributed by atoms with Gasteiger partial charge in [-0.15, -0.1) is 0 Å². The number of ether oxygens (including phenoxy) is 2. The van der Waals surface area contributed by atoms with Crippen molar-refractivity contribution in [2.75, 3.05) is 12.4 Å². The van der Waals surface area contributed by atoms with Crippen LogP contribution in [0.5, 0.6) is 11.5 Å². The van der Waals surface area contributed by atoms with E-state index >= 15 is 0 Å². The van der Waals surface area contributed by atoms with Gasteiger partial charge in [-0.2, -0.15) is 0 Å². The Morgan fingerprint density at radius 1 is 1.24 bits per heavy atom. The van der Waals surface area contributed by atoms with Crippen LogP contribution in [-0.2, 0) is 4.79 Å². The van der Waals surface area contributed by atoms with E-state index in [1.165, 1.54) is 24.3 Å². The second-order valence-corrected chi connectivity index (χ2v) is 6.18. The Kier molecular flexibility index (Phi) is 4.80. The number of anilines is 1. The molecule has 1 atom stereocenters. The van der Waals surface area contributed by atoms with E-state index in [1.807, 2.05) is 12.1 Å². The van der Waals surface area contributed by atoms with Crippen molar-refractivity contribution in [1.82, 2.24) is 4.98 Å². The van der Waals surface area contributed by atoms with Gasteiger partial charge in [0.15, 0.2) is 22.9 Å². The van der Waals surface area contributed by atoms with E-state index in [4.69, 9.17) is 9.47 Å². The molecule has 0 bridgehead atoms. The van der Waals surface area contributed by atoms with Crippen molar-refractivity contribution in [2.45, 2.75) is 13.0 Å². The highest BCUT2D eigenvalue weighted by Gasteiger charge is 2.18. The second-order valence-electron chi connectivity index (χ2n) is 5.15. The number of aromatic nitrogens is 1. The maximum Gasteiger partial charge on any atom is 0.266 e. The zero-order chi connectivity index (χ0) is 18.0. The SMILES string of the molecule is COc1cccc2sc(NC(=O)C(C)Oc3ccc(F)c(F)c3)nc12. The summed E-state index contributed by atoms with van der Waals surface area (Å²) in [6, 6.07) is 8.57. The lowest BCUT2D eigenvalue weighted by Gasteiger charge is -2.13. The van der Waals surface area contributed by atoms with E-state index in [9.17, 15) is 13.6 Å². The highest BCUT2D eigenvalue weighted by Crippen LogP contribution is 2.32. The molecule has 0 spiro atoms. The summed E-state index contributed by atoms with van der Waals surface area (Å²) in [5.41, 5.74) is 0.652. The molecule has 0 aliphatic carbocycles. The van der Waals surface area contributed by atoms with Crippen molar-refractivity contribution in [2.24, 2.45) is 0 Å². The smallest absolute Gasteiger partial charge is 0.266 e. The van der Waals surface area contributed by atoms with Gasteiger partial charge < -0.3 is 9.47 Å². The predicted molar refractivity (Wildman–Crippen MR) is 91.2 cm³/mol. The normalized spacial score (nSPS) is 12.0. The molecule has 1 amide bonds. The number of thiazole rings is 1. The van der Waals surface area contributed by atoms with Crippen LogP contribution in [0.1, 0.15) is 6.92 Å². The number of para-hydroxylation sites is 1. The molecular weight excluding hydrogens is 350 g/mol. The molecule has 0 aliphatic rings. The zero-order valence-corrected chi connectivity index (χ0v) is 14.2. The number of nitrogens with zero attached hydrogens (tertiary/aromatic N) is 1. The molecule has 0 radical (unpaired) electrons.